The van der Waals surface area contributed by atoms with Crippen molar-refractivity contribution in [3.8, 4) is 0 Å². The van der Waals surface area contributed by atoms with E-state index in [2.05, 4.69) is 0 Å². The Labute approximate surface area is 53.6 Å². The van der Waals surface area contributed by atoms with E-state index in [0.29, 0.717) is 6.42 Å². The number of hydrogen-bond acceptors (Lipinski definition) is 3. The first-order valence-electron chi connectivity index (χ1n) is 3.13. The molecule has 1 saturated heterocycles. The minimum absolute atomic E-state index is 0.0360. The van der Waals surface area contributed by atoms with Crippen LogP contribution >= 0.6 is 0 Å². The first-order valence-corrected chi connectivity index (χ1v) is 3.13. The summed E-state index contributed by atoms with van der Waals surface area (Å²) in [5.41, 5.74) is 0. The molecule has 9 heavy (non-hydrogen) atoms. The van der Waals surface area contributed by atoms with E-state index in [-0.39, 0.29) is 18.7 Å². The molecule has 1 aliphatic rings. The molecule has 52 valence electrons. The molecule has 0 bridgehead atoms. The predicted molar refractivity (Wildman–Crippen MR) is 30.8 cm³/mol. The summed E-state index contributed by atoms with van der Waals surface area (Å²) in [6.07, 6.45) is 1.94. The monoisotopic (exact) mass is 130 g/mol. The van der Waals surface area contributed by atoms with Gasteiger partial charge in [-0.25, -0.2) is 0 Å². The van der Waals surface area contributed by atoms with Crippen LogP contribution in [0.15, 0.2) is 0 Å². The minimum atomic E-state index is -0.230. The average Bonchev–Trinajstić information content (AvgIpc) is 1.88. The molecule has 0 spiro atoms. The summed E-state index contributed by atoms with van der Waals surface area (Å²) >= 11 is 0. The van der Waals surface area contributed by atoms with Crippen LogP contribution in [0.4, 0.5) is 0 Å². The number of aliphatic hydroxyl groups is 1. The van der Waals surface area contributed by atoms with Crippen LogP contribution in [0.5, 0.6) is 0 Å². The Morgan fingerprint density at radius 3 is 3.00 bits per heavy atom. The van der Waals surface area contributed by atoms with E-state index in [1.54, 1.807) is 0 Å². The molecule has 1 heterocycles. The van der Waals surface area contributed by atoms with Crippen LogP contribution in [-0.4, -0.2) is 23.8 Å². The molecule has 0 unspecified atom stereocenters. The van der Waals surface area contributed by atoms with E-state index < -0.39 is 0 Å². The van der Waals surface area contributed by atoms with Crippen LogP contribution in [0.1, 0.15) is 19.3 Å². The Kier molecular flexibility index (Phi) is 2.05. The molecular weight excluding hydrogens is 120 g/mol. The predicted octanol–water partition coefficient (Wildman–Crippen LogP) is 0.0744. The van der Waals surface area contributed by atoms with Gasteiger partial charge in [0.25, 0.3) is 0 Å². The SMILES string of the molecule is O=C1CCC[C@H](CO)O1. The van der Waals surface area contributed by atoms with Crippen molar-refractivity contribution in [1.82, 2.24) is 0 Å². The molecule has 3 nitrogen and oxygen atoms in total. The molecule has 1 N–H and O–H groups in total. The van der Waals surface area contributed by atoms with E-state index in [9.17, 15) is 4.79 Å². The van der Waals surface area contributed by atoms with Gasteiger partial charge in [0.2, 0.25) is 0 Å². The van der Waals surface area contributed by atoms with Gasteiger partial charge in [-0.1, -0.05) is 0 Å². The number of carbonyl (C=O) groups is 1. The van der Waals surface area contributed by atoms with Crippen LogP contribution in [-0.2, 0) is 9.53 Å². The van der Waals surface area contributed by atoms with Gasteiger partial charge in [-0.2, -0.15) is 0 Å². The Morgan fingerprint density at radius 2 is 2.56 bits per heavy atom. The van der Waals surface area contributed by atoms with Crippen LogP contribution in [0.3, 0.4) is 0 Å². The van der Waals surface area contributed by atoms with Crippen LogP contribution in [0, 0.1) is 0 Å². The van der Waals surface area contributed by atoms with Crippen molar-refractivity contribution in [2.75, 3.05) is 6.61 Å². The van der Waals surface area contributed by atoms with Gasteiger partial charge in [0.15, 0.2) is 0 Å². The first kappa shape index (κ1) is 6.55. The van der Waals surface area contributed by atoms with Crippen molar-refractivity contribution in [3.63, 3.8) is 0 Å². The minimum Gasteiger partial charge on any atom is -0.460 e. The highest BCUT2D eigenvalue weighted by atomic mass is 16.6. The topological polar surface area (TPSA) is 46.5 Å². The smallest absolute Gasteiger partial charge is 0.306 e. The third-order valence-electron chi connectivity index (χ3n) is 1.41. The van der Waals surface area contributed by atoms with Crippen molar-refractivity contribution >= 4 is 5.97 Å². The van der Waals surface area contributed by atoms with Gasteiger partial charge in [0, 0.05) is 6.42 Å². The quantitative estimate of drug-likeness (QED) is 0.511. The van der Waals surface area contributed by atoms with Crippen molar-refractivity contribution in [2.45, 2.75) is 25.4 Å². The zero-order valence-electron chi connectivity index (χ0n) is 5.17. The van der Waals surface area contributed by atoms with E-state index in [0.717, 1.165) is 12.8 Å². The number of carbonyl (C=O) groups excluding carboxylic acids is 1. The molecule has 1 fully saturated rings. The Morgan fingerprint density at radius 1 is 1.78 bits per heavy atom. The van der Waals surface area contributed by atoms with Crippen molar-refractivity contribution in [3.05, 3.63) is 0 Å². The van der Waals surface area contributed by atoms with Crippen LogP contribution in [0.25, 0.3) is 0 Å². The molecular formula is C6H10O3. The van der Waals surface area contributed by atoms with Gasteiger partial charge < -0.3 is 9.84 Å². The summed E-state index contributed by atoms with van der Waals surface area (Å²) in [4.78, 5) is 10.5. The van der Waals surface area contributed by atoms with Crippen molar-refractivity contribution in [1.29, 1.82) is 0 Å². The lowest BCUT2D eigenvalue weighted by molar-refractivity contribution is -0.155. The lowest BCUT2D eigenvalue weighted by atomic mass is 10.1. The Bertz CT molecular complexity index is 111. The second-order valence-electron chi connectivity index (χ2n) is 2.19. The molecule has 0 amide bonds. The highest BCUT2D eigenvalue weighted by Gasteiger charge is 2.18. The lowest BCUT2D eigenvalue weighted by Gasteiger charge is -2.19. The average molecular weight is 130 g/mol. The van der Waals surface area contributed by atoms with E-state index in [1.807, 2.05) is 0 Å². The van der Waals surface area contributed by atoms with Gasteiger partial charge >= 0.3 is 5.97 Å². The molecule has 3 heteroatoms. The summed E-state index contributed by atoms with van der Waals surface area (Å²) in [5.74, 6) is -0.180. The maximum atomic E-state index is 10.5. The molecule has 0 aromatic carbocycles. The molecule has 0 aliphatic carbocycles. The number of rotatable bonds is 1. The molecule has 0 aromatic heterocycles. The van der Waals surface area contributed by atoms with E-state index in [4.69, 9.17) is 9.84 Å². The Hall–Kier alpha value is -0.570. The van der Waals surface area contributed by atoms with Gasteiger partial charge in [-0.05, 0) is 12.8 Å². The summed E-state index contributed by atoms with van der Waals surface area (Å²) in [5, 5.41) is 8.53. The molecule has 0 radical (unpaired) electrons. The van der Waals surface area contributed by atoms with E-state index >= 15 is 0 Å². The number of ether oxygens (including phenoxy) is 1. The molecule has 1 rings (SSSR count). The summed E-state index contributed by atoms with van der Waals surface area (Å²) < 4.78 is 4.75. The summed E-state index contributed by atoms with van der Waals surface area (Å²) in [6, 6.07) is 0. The second kappa shape index (κ2) is 2.82. The van der Waals surface area contributed by atoms with Crippen LogP contribution < -0.4 is 0 Å². The summed E-state index contributed by atoms with van der Waals surface area (Å²) in [7, 11) is 0. The highest BCUT2D eigenvalue weighted by molar-refractivity contribution is 5.70. The van der Waals surface area contributed by atoms with E-state index in [1.165, 1.54) is 0 Å². The number of esters is 1. The second-order valence-corrected chi connectivity index (χ2v) is 2.19. The van der Waals surface area contributed by atoms with Gasteiger partial charge in [0.05, 0.1) is 6.61 Å². The largest absolute Gasteiger partial charge is 0.460 e. The highest BCUT2D eigenvalue weighted by Crippen LogP contribution is 2.12. The third-order valence-corrected chi connectivity index (χ3v) is 1.41. The maximum Gasteiger partial charge on any atom is 0.306 e. The fraction of sp³-hybridized carbons (Fsp3) is 0.833. The lowest BCUT2D eigenvalue weighted by Crippen LogP contribution is -2.26. The Balaban J connectivity index is 2.32. The number of hydrogen-bond donors (Lipinski definition) is 1. The fourth-order valence-corrected chi connectivity index (χ4v) is 0.906. The standard InChI is InChI=1S/C6H10O3/c7-4-5-2-1-3-6(8)9-5/h5,7H,1-4H2/t5-/m1/s1. The number of aliphatic hydroxyl groups excluding tert-OH is 1. The third kappa shape index (κ3) is 1.68. The molecule has 0 saturated carbocycles. The van der Waals surface area contributed by atoms with Crippen molar-refractivity contribution < 1.29 is 14.6 Å². The number of cyclic esters (lactones) is 1. The maximum absolute atomic E-state index is 10.5. The molecule has 1 aliphatic heterocycles. The first-order chi connectivity index (χ1) is 4.33. The zero-order valence-corrected chi connectivity index (χ0v) is 5.17. The zero-order chi connectivity index (χ0) is 6.69. The van der Waals surface area contributed by atoms with Gasteiger partial charge in [0.1, 0.15) is 6.10 Å². The fourth-order valence-electron chi connectivity index (χ4n) is 0.906. The molecule has 0 aromatic rings. The van der Waals surface area contributed by atoms with Gasteiger partial charge in [-0.15, -0.1) is 0 Å². The van der Waals surface area contributed by atoms with Crippen molar-refractivity contribution in [2.24, 2.45) is 0 Å². The van der Waals surface area contributed by atoms with Crippen LogP contribution in [0.2, 0.25) is 0 Å². The van der Waals surface area contributed by atoms with Gasteiger partial charge in [-0.3, -0.25) is 4.79 Å². The summed E-state index contributed by atoms with van der Waals surface area (Å²) in [6.45, 7) is -0.0360. The molecule has 1 atom stereocenters. The normalized spacial score (nSPS) is 27.7.